The predicted octanol–water partition coefficient (Wildman–Crippen LogP) is 0.402. The SMILES string of the molecule is CC(Cl)=CCn1c(N2CCOCC2)nc2c1c(=O)[nH]c(=O)n2C. The molecular formula is C14H18ClN5O3. The molecule has 1 aliphatic rings. The van der Waals surface area contributed by atoms with Crippen molar-refractivity contribution >= 4 is 28.7 Å². The van der Waals surface area contributed by atoms with Gasteiger partial charge in [-0.15, -0.1) is 0 Å². The van der Waals surface area contributed by atoms with Gasteiger partial charge in [-0.05, 0) is 6.92 Å². The second kappa shape index (κ2) is 6.21. The van der Waals surface area contributed by atoms with Gasteiger partial charge in [-0.3, -0.25) is 14.3 Å². The highest BCUT2D eigenvalue weighted by molar-refractivity contribution is 6.29. The van der Waals surface area contributed by atoms with Crippen LogP contribution in [0.4, 0.5) is 5.95 Å². The maximum Gasteiger partial charge on any atom is 0.329 e. The highest BCUT2D eigenvalue weighted by Gasteiger charge is 2.22. The lowest BCUT2D eigenvalue weighted by Gasteiger charge is -2.28. The van der Waals surface area contributed by atoms with Gasteiger partial charge in [0.1, 0.15) is 0 Å². The lowest BCUT2D eigenvalue weighted by atomic mass is 10.4. The number of anilines is 1. The van der Waals surface area contributed by atoms with Gasteiger partial charge in [0.05, 0.1) is 13.2 Å². The first-order valence-corrected chi connectivity index (χ1v) is 7.71. The maximum absolute atomic E-state index is 12.3. The van der Waals surface area contributed by atoms with Crippen molar-refractivity contribution < 1.29 is 4.74 Å². The number of hydrogen-bond donors (Lipinski definition) is 1. The number of aromatic amines is 1. The van der Waals surface area contributed by atoms with E-state index in [4.69, 9.17) is 16.3 Å². The highest BCUT2D eigenvalue weighted by atomic mass is 35.5. The van der Waals surface area contributed by atoms with Gasteiger partial charge in [0.2, 0.25) is 5.95 Å². The molecule has 0 amide bonds. The molecule has 0 unspecified atom stereocenters. The fraction of sp³-hybridized carbons (Fsp3) is 0.500. The minimum absolute atomic E-state index is 0.362. The van der Waals surface area contributed by atoms with Gasteiger partial charge in [-0.25, -0.2) is 4.79 Å². The molecule has 1 N–H and O–H groups in total. The normalized spacial score (nSPS) is 16.3. The fourth-order valence-corrected chi connectivity index (χ4v) is 2.69. The summed E-state index contributed by atoms with van der Waals surface area (Å²) in [6.07, 6.45) is 1.80. The molecule has 0 radical (unpaired) electrons. The van der Waals surface area contributed by atoms with Crippen LogP contribution in [-0.2, 0) is 18.3 Å². The van der Waals surface area contributed by atoms with Gasteiger partial charge in [0.15, 0.2) is 11.2 Å². The standard InChI is InChI=1S/C14H18ClN5O3/c1-9(15)3-4-20-10-11(18(2)14(22)17-12(10)21)16-13(20)19-5-7-23-8-6-19/h3H,4-8H2,1-2H3,(H,17,21,22). The Bertz CT molecular complexity index is 869. The van der Waals surface area contributed by atoms with Crippen molar-refractivity contribution in [2.75, 3.05) is 31.2 Å². The van der Waals surface area contributed by atoms with Crippen LogP contribution in [0.5, 0.6) is 0 Å². The van der Waals surface area contributed by atoms with Crippen LogP contribution < -0.4 is 16.1 Å². The quantitative estimate of drug-likeness (QED) is 0.875. The number of nitrogens with one attached hydrogen (secondary N) is 1. The van der Waals surface area contributed by atoms with E-state index in [1.54, 1.807) is 24.6 Å². The van der Waals surface area contributed by atoms with E-state index in [-0.39, 0.29) is 0 Å². The predicted molar refractivity (Wildman–Crippen MR) is 88.2 cm³/mol. The van der Waals surface area contributed by atoms with Crippen molar-refractivity contribution in [2.45, 2.75) is 13.5 Å². The zero-order chi connectivity index (χ0) is 16.6. The summed E-state index contributed by atoms with van der Waals surface area (Å²) in [5.74, 6) is 0.643. The van der Waals surface area contributed by atoms with Gasteiger partial charge < -0.3 is 14.2 Å². The van der Waals surface area contributed by atoms with Crippen molar-refractivity contribution in [3.8, 4) is 0 Å². The molecule has 0 spiro atoms. The van der Waals surface area contributed by atoms with E-state index in [9.17, 15) is 9.59 Å². The summed E-state index contributed by atoms with van der Waals surface area (Å²) in [7, 11) is 1.59. The fourth-order valence-electron chi connectivity index (χ4n) is 2.62. The molecule has 2 aromatic heterocycles. The van der Waals surface area contributed by atoms with Crippen molar-refractivity contribution in [2.24, 2.45) is 7.05 Å². The Hall–Kier alpha value is -2.06. The van der Waals surface area contributed by atoms with Crippen molar-refractivity contribution in [1.82, 2.24) is 19.1 Å². The molecule has 1 fully saturated rings. The van der Waals surface area contributed by atoms with Crippen molar-refractivity contribution in [3.05, 3.63) is 31.9 Å². The molecule has 3 heterocycles. The molecule has 0 bridgehead atoms. The molecule has 0 atom stereocenters. The molecule has 23 heavy (non-hydrogen) atoms. The number of aryl methyl sites for hydroxylation is 1. The molecule has 0 aliphatic carbocycles. The van der Waals surface area contributed by atoms with Crippen LogP contribution in [0.15, 0.2) is 20.7 Å². The summed E-state index contributed by atoms with van der Waals surface area (Å²) in [5.41, 5.74) is -0.205. The molecule has 1 aliphatic heterocycles. The molecular weight excluding hydrogens is 322 g/mol. The Balaban J connectivity index is 2.24. The maximum atomic E-state index is 12.3. The molecule has 1 saturated heterocycles. The first-order valence-electron chi connectivity index (χ1n) is 7.33. The van der Waals surface area contributed by atoms with Gasteiger partial charge >= 0.3 is 5.69 Å². The number of fused-ring (bicyclic) bond motifs is 1. The number of imidazole rings is 1. The first-order chi connectivity index (χ1) is 11.0. The number of rotatable bonds is 3. The Kier molecular flexibility index (Phi) is 4.27. The van der Waals surface area contributed by atoms with Gasteiger partial charge in [0, 0.05) is 31.7 Å². The van der Waals surface area contributed by atoms with E-state index < -0.39 is 11.2 Å². The Morgan fingerprint density at radius 3 is 2.74 bits per heavy atom. The largest absolute Gasteiger partial charge is 0.378 e. The third kappa shape index (κ3) is 2.91. The monoisotopic (exact) mass is 339 g/mol. The molecule has 2 aromatic rings. The number of morpholine rings is 1. The summed E-state index contributed by atoms with van der Waals surface area (Å²) in [4.78, 5) is 33.0. The second-order valence-electron chi connectivity index (χ2n) is 5.40. The van der Waals surface area contributed by atoms with Gasteiger partial charge in [-0.2, -0.15) is 4.98 Å². The number of allylic oxidation sites excluding steroid dienone is 2. The van der Waals surface area contributed by atoms with E-state index in [0.717, 1.165) is 0 Å². The smallest absolute Gasteiger partial charge is 0.329 e. The van der Waals surface area contributed by atoms with Crippen LogP contribution in [0.2, 0.25) is 0 Å². The third-order valence-electron chi connectivity index (χ3n) is 3.84. The molecule has 8 nitrogen and oxygen atoms in total. The van der Waals surface area contributed by atoms with Crippen LogP contribution >= 0.6 is 11.6 Å². The summed E-state index contributed by atoms with van der Waals surface area (Å²) in [6, 6.07) is 0. The minimum atomic E-state index is -0.482. The van der Waals surface area contributed by atoms with E-state index >= 15 is 0 Å². The minimum Gasteiger partial charge on any atom is -0.378 e. The molecule has 0 saturated carbocycles. The zero-order valence-electron chi connectivity index (χ0n) is 13.0. The average molecular weight is 340 g/mol. The van der Waals surface area contributed by atoms with Crippen LogP contribution in [0.1, 0.15) is 6.92 Å². The lowest BCUT2D eigenvalue weighted by molar-refractivity contribution is 0.121. The van der Waals surface area contributed by atoms with Gasteiger partial charge in [0.25, 0.3) is 5.56 Å². The van der Waals surface area contributed by atoms with Crippen LogP contribution in [0.25, 0.3) is 11.2 Å². The zero-order valence-corrected chi connectivity index (χ0v) is 13.8. The molecule has 9 heteroatoms. The van der Waals surface area contributed by atoms with Crippen LogP contribution in [0, 0.1) is 0 Å². The number of H-pyrrole nitrogens is 1. The van der Waals surface area contributed by atoms with Crippen molar-refractivity contribution in [1.29, 1.82) is 0 Å². The number of hydrogen-bond acceptors (Lipinski definition) is 5. The lowest BCUT2D eigenvalue weighted by Crippen LogP contribution is -2.38. The molecule has 0 aromatic carbocycles. The van der Waals surface area contributed by atoms with Crippen molar-refractivity contribution in [3.63, 3.8) is 0 Å². The topological polar surface area (TPSA) is 85.2 Å². The number of aromatic nitrogens is 4. The summed E-state index contributed by atoms with van der Waals surface area (Å²) >= 11 is 5.93. The number of halogens is 1. The van der Waals surface area contributed by atoms with E-state index in [1.807, 2.05) is 4.90 Å². The third-order valence-corrected chi connectivity index (χ3v) is 3.99. The highest BCUT2D eigenvalue weighted by Crippen LogP contribution is 2.21. The van der Waals surface area contributed by atoms with E-state index in [2.05, 4.69) is 9.97 Å². The Morgan fingerprint density at radius 1 is 1.39 bits per heavy atom. The van der Waals surface area contributed by atoms with E-state index in [1.165, 1.54) is 4.57 Å². The Labute approximate surface area is 136 Å². The number of nitrogens with zero attached hydrogens (tertiary/aromatic N) is 4. The van der Waals surface area contributed by atoms with E-state index in [0.29, 0.717) is 55.0 Å². The summed E-state index contributed by atoms with van der Waals surface area (Å²) in [6.45, 7) is 4.73. The summed E-state index contributed by atoms with van der Waals surface area (Å²) in [5, 5.41) is 0.626. The molecule has 3 rings (SSSR count). The average Bonchev–Trinajstić information content (AvgIpc) is 2.91. The molecule has 124 valence electrons. The van der Waals surface area contributed by atoms with Crippen LogP contribution in [-0.4, -0.2) is 45.4 Å². The first kappa shape index (κ1) is 15.8. The van der Waals surface area contributed by atoms with Crippen LogP contribution in [0.3, 0.4) is 0 Å². The summed E-state index contributed by atoms with van der Waals surface area (Å²) < 4.78 is 8.49. The van der Waals surface area contributed by atoms with Gasteiger partial charge in [-0.1, -0.05) is 17.7 Å². The second-order valence-corrected chi connectivity index (χ2v) is 6.00. The Morgan fingerprint density at radius 2 is 2.09 bits per heavy atom. The number of ether oxygens (including phenoxy) is 1.